The first-order valence-corrected chi connectivity index (χ1v) is 8.40. The minimum atomic E-state index is 0.0321. The van der Waals surface area contributed by atoms with Gasteiger partial charge in [-0.25, -0.2) is 0 Å². The van der Waals surface area contributed by atoms with E-state index >= 15 is 0 Å². The summed E-state index contributed by atoms with van der Waals surface area (Å²) < 4.78 is 11.8. The summed E-state index contributed by atoms with van der Waals surface area (Å²) in [4.78, 5) is 0. The average molecular weight is 314 g/mol. The molecular formula is C21H30O2. The molecule has 0 unspecified atom stereocenters. The highest BCUT2D eigenvalue weighted by Gasteiger charge is 2.21. The maximum atomic E-state index is 6.06. The van der Waals surface area contributed by atoms with E-state index in [4.69, 9.17) is 9.15 Å². The Labute approximate surface area is 140 Å². The zero-order valence-electron chi connectivity index (χ0n) is 15.4. The normalized spacial score (nSPS) is 12.4. The molecule has 126 valence electrons. The second kappa shape index (κ2) is 6.82. The molecule has 2 heteroatoms. The third kappa shape index (κ3) is 6.13. The standard InChI is InChI=1S/C21H30O2/c1-16-10-11-19(23-16)14-21(5,6)15-22-18-9-7-8-17(12-18)13-20(2,3)4/h7-12H,13-15H2,1-6H3. The monoisotopic (exact) mass is 314 g/mol. The van der Waals surface area contributed by atoms with Gasteiger partial charge in [0.2, 0.25) is 0 Å². The van der Waals surface area contributed by atoms with Crippen LogP contribution in [-0.2, 0) is 12.8 Å². The van der Waals surface area contributed by atoms with Crippen molar-refractivity contribution in [1.29, 1.82) is 0 Å². The molecule has 1 aromatic heterocycles. The van der Waals surface area contributed by atoms with E-state index in [2.05, 4.69) is 58.9 Å². The van der Waals surface area contributed by atoms with Gasteiger partial charge in [0.05, 0.1) is 6.61 Å². The average Bonchev–Trinajstić information content (AvgIpc) is 2.80. The lowest BCUT2D eigenvalue weighted by Gasteiger charge is -2.24. The van der Waals surface area contributed by atoms with E-state index < -0.39 is 0 Å². The maximum absolute atomic E-state index is 6.06. The molecule has 0 bridgehead atoms. The van der Waals surface area contributed by atoms with Gasteiger partial charge in [-0.05, 0) is 48.6 Å². The Bertz CT molecular complexity index is 629. The Morgan fingerprint density at radius 2 is 1.70 bits per heavy atom. The summed E-state index contributed by atoms with van der Waals surface area (Å²) in [5.74, 6) is 2.94. The van der Waals surface area contributed by atoms with Crippen LogP contribution in [0, 0.1) is 17.8 Å². The molecule has 0 aliphatic rings. The smallest absolute Gasteiger partial charge is 0.119 e. The van der Waals surface area contributed by atoms with Crippen molar-refractivity contribution in [3.63, 3.8) is 0 Å². The summed E-state index contributed by atoms with van der Waals surface area (Å²) in [7, 11) is 0. The zero-order valence-corrected chi connectivity index (χ0v) is 15.4. The molecule has 0 aliphatic carbocycles. The van der Waals surface area contributed by atoms with E-state index in [1.807, 2.05) is 19.1 Å². The minimum Gasteiger partial charge on any atom is -0.493 e. The van der Waals surface area contributed by atoms with Crippen LogP contribution in [0.4, 0.5) is 0 Å². The molecule has 0 saturated heterocycles. The number of aryl methyl sites for hydroxylation is 1. The molecule has 1 aromatic carbocycles. The minimum absolute atomic E-state index is 0.0321. The van der Waals surface area contributed by atoms with Gasteiger partial charge in [0, 0.05) is 11.8 Å². The predicted octanol–water partition coefficient (Wildman–Crippen LogP) is 5.82. The molecule has 2 nitrogen and oxygen atoms in total. The fourth-order valence-electron chi connectivity index (χ4n) is 2.74. The van der Waals surface area contributed by atoms with E-state index in [1.54, 1.807) is 0 Å². The summed E-state index contributed by atoms with van der Waals surface area (Å²) in [5.41, 5.74) is 1.65. The van der Waals surface area contributed by atoms with Crippen LogP contribution in [0.3, 0.4) is 0 Å². The number of benzene rings is 1. The largest absolute Gasteiger partial charge is 0.493 e. The van der Waals surface area contributed by atoms with E-state index in [0.717, 1.165) is 30.1 Å². The highest BCUT2D eigenvalue weighted by molar-refractivity contribution is 5.29. The van der Waals surface area contributed by atoms with Crippen LogP contribution in [0.15, 0.2) is 40.8 Å². The molecule has 1 heterocycles. The Kier molecular flexibility index (Phi) is 5.23. The van der Waals surface area contributed by atoms with Gasteiger partial charge in [0.1, 0.15) is 17.3 Å². The quantitative estimate of drug-likeness (QED) is 0.670. The summed E-state index contributed by atoms with van der Waals surface area (Å²) in [6, 6.07) is 12.5. The lowest BCUT2D eigenvalue weighted by atomic mass is 9.88. The number of furan rings is 1. The molecule has 2 aromatic rings. The van der Waals surface area contributed by atoms with E-state index in [-0.39, 0.29) is 10.8 Å². The molecular weight excluding hydrogens is 284 g/mol. The summed E-state index contributed by atoms with van der Waals surface area (Å²) in [6.07, 6.45) is 1.93. The zero-order chi connectivity index (χ0) is 17.1. The molecule has 0 N–H and O–H groups in total. The van der Waals surface area contributed by atoms with Crippen LogP contribution in [0.2, 0.25) is 0 Å². The highest BCUT2D eigenvalue weighted by atomic mass is 16.5. The van der Waals surface area contributed by atoms with Crippen LogP contribution >= 0.6 is 0 Å². The van der Waals surface area contributed by atoms with E-state index in [1.165, 1.54) is 5.56 Å². The van der Waals surface area contributed by atoms with Gasteiger partial charge in [0.15, 0.2) is 0 Å². The van der Waals surface area contributed by atoms with Crippen molar-refractivity contribution in [1.82, 2.24) is 0 Å². The summed E-state index contributed by atoms with van der Waals surface area (Å²) >= 11 is 0. The van der Waals surface area contributed by atoms with Crippen LogP contribution < -0.4 is 4.74 Å². The summed E-state index contributed by atoms with van der Waals surface area (Å²) in [5, 5.41) is 0. The van der Waals surface area contributed by atoms with Crippen molar-refractivity contribution in [3.05, 3.63) is 53.5 Å². The van der Waals surface area contributed by atoms with E-state index in [9.17, 15) is 0 Å². The molecule has 0 saturated carbocycles. The first-order chi connectivity index (χ1) is 10.6. The lowest BCUT2D eigenvalue weighted by Crippen LogP contribution is -2.24. The molecule has 0 amide bonds. The highest BCUT2D eigenvalue weighted by Crippen LogP contribution is 2.27. The molecule has 0 aliphatic heterocycles. The predicted molar refractivity (Wildman–Crippen MR) is 96.0 cm³/mol. The Morgan fingerprint density at radius 3 is 2.30 bits per heavy atom. The first-order valence-electron chi connectivity index (χ1n) is 8.40. The third-order valence-electron chi connectivity index (χ3n) is 3.71. The Hall–Kier alpha value is -1.70. The maximum Gasteiger partial charge on any atom is 0.119 e. The van der Waals surface area contributed by atoms with Gasteiger partial charge in [-0.3, -0.25) is 0 Å². The molecule has 2 rings (SSSR count). The van der Waals surface area contributed by atoms with Gasteiger partial charge in [-0.1, -0.05) is 46.8 Å². The van der Waals surface area contributed by atoms with Crippen molar-refractivity contribution >= 4 is 0 Å². The van der Waals surface area contributed by atoms with Crippen LogP contribution in [0.25, 0.3) is 0 Å². The molecule has 0 radical (unpaired) electrons. The van der Waals surface area contributed by atoms with Gasteiger partial charge in [-0.15, -0.1) is 0 Å². The lowest BCUT2D eigenvalue weighted by molar-refractivity contribution is 0.172. The summed E-state index contributed by atoms with van der Waals surface area (Å²) in [6.45, 7) is 13.9. The second-order valence-corrected chi connectivity index (χ2v) is 8.53. The van der Waals surface area contributed by atoms with Gasteiger partial charge < -0.3 is 9.15 Å². The van der Waals surface area contributed by atoms with Crippen LogP contribution in [0.1, 0.15) is 51.7 Å². The number of ether oxygens (including phenoxy) is 1. The van der Waals surface area contributed by atoms with Gasteiger partial charge in [0.25, 0.3) is 0 Å². The fourth-order valence-corrected chi connectivity index (χ4v) is 2.74. The van der Waals surface area contributed by atoms with Crippen molar-refractivity contribution in [2.75, 3.05) is 6.61 Å². The van der Waals surface area contributed by atoms with Crippen molar-refractivity contribution < 1.29 is 9.15 Å². The third-order valence-corrected chi connectivity index (χ3v) is 3.71. The second-order valence-electron chi connectivity index (χ2n) is 8.53. The fraction of sp³-hybridized carbons (Fsp3) is 0.524. The van der Waals surface area contributed by atoms with Crippen LogP contribution in [0.5, 0.6) is 5.75 Å². The molecule has 0 spiro atoms. The topological polar surface area (TPSA) is 22.4 Å². The van der Waals surface area contributed by atoms with Gasteiger partial charge >= 0.3 is 0 Å². The van der Waals surface area contributed by atoms with Gasteiger partial charge in [-0.2, -0.15) is 0 Å². The Balaban J connectivity index is 1.95. The Morgan fingerprint density at radius 1 is 0.957 bits per heavy atom. The number of hydrogen-bond acceptors (Lipinski definition) is 2. The molecule has 0 atom stereocenters. The SMILES string of the molecule is Cc1ccc(CC(C)(C)COc2cccc(CC(C)(C)C)c2)o1. The molecule has 0 fully saturated rings. The van der Waals surface area contributed by atoms with E-state index in [0.29, 0.717) is 6.61 Å². The van der Waals surface area contributed by atoms with Crippen molar-refractivity contribution in [2.24, 2.45) is 10.8 Å². The molecule has 23 heavy (non-hydrogen) atoms. The van der Waals surface area contributed by atoms with Crippen molar-refractivity contribution in [2.45, 2.75) is 54.4 Å². The first kappa shape index (κ1) is 17.7. The van der Waals surface area contributed by atoms with Crippen LogP contribution in [-0.4, -0.2) is 6.61 Å². The number of rotatable bonds is 6. The van der Waals surface area contributed by atoms with Crippen molar-refractivity contribution in [3.8, 4) is 5.75 Å². The number of hydrogen-bond donors (Lipinski definition) is 0.